The van der Waals surface area contributed by atoms with Crippen LogP contribution in [0.1, 0.15) is 16.1 Å². The minimum Gasteiger partial charge on any atom is -0.320 e. The molecular formula is C18H12BrN5O2. The molecule has 0 fully saturated rings. The summed E-state index contributed by atoms with van der Waals surface area (Å²) in [5.41, 5.74) is 5.62. The number of carbonyl (C=O) groups is 2. The number of hydrogen-bond acceptors (Lipinski definition) is 4. The summed E-state index contributed by atoms with van der Waals surface area (Å²) >= 11 is 3.36. The van der Waals surface area contributed by atoms with Crippen molar-refractivity contribution in [1.29, 1.82) is 0 Å². The lowest BCUT2D eigenvalue weighted by atomic mass is 10.1. The Hall–Kier alpha value is -3.26. The van der Waals surface area contributed by atoms with E-state index in [4.69, 9.17) is 0 Å². The number of nitrogens with one attached hydrogen (secondary N) is 3. The first-order chi connectivity index (χ1) is 12.6. The van der Waals surface area contributed by atoms with Crippen LogP contribution in [0.15, 0.2) is 64.2 Å². The van der Waals surface area contributed by atoms with Crippen molar-refractivity contribution in [3.05, 3.63) is 70.3 Å². The van der Waals surface area contributed by atoms with E-state index in [9.17, 15) is 9.59 Å². The number of H-pyrrole nitrogens is 1. The molecule has 2 heterocycles. The molecule has 0 saturated heterocycles. The number of amides is 2. The standard InChI is InChI=1S/C18H12BrN5O2/c19-11-6-7-13-12(8-11)16(18(26)20-13)23-24-17(25)15-9-14(21-22-15)10-4-2-1-3-5-10/h1-9H,(H,21,22)(H,24,25)(H,20,23,26). The topological polar surface area (TPSA) is 99.2 Å². The van der Waals surface area contributed by atoms with Crippen molar-refractivity contribution < 1.29 is 9.59 Å². The normalized spacial score (nSPS) is 14.2. The number of anilines is 1. The van der Waals surface area contributed by atoms with Crippen molar-refractivity contribution in [3.8, 4) is 11.3 Å². The number of fused-ring (bicyclic) bond motifs is 1. The Balaban J connectivity index is 1.55. The van der Waals surface area contributed by atoms with Crippen LogP contribution in [0.2, 0.25) is 0 Å². The maximum atomic E-state index is 12.3. The number of hydrazone groups is 1. The molecule has 1 aliphatic heterocycles. The van der Waals surface area contributed by atoms with Gasteiger partial charge in [0.05, 0.1) is 11.4 Å². The van der Waals surface area contributed by atoms with Gasteiger partial charge in [0.1, 0.15) is 5.69 Å². The highest BCUT2D eigenvalue weighted by molar-refractivity contribution is 9.10. The smallest absolute Gasteiger partial charge is 0.289 e. The molecular weight excluding hydrogens is 398 g/mol. The lowest BCUT2D eigenvalue weighted by Crippen LogP contribution is -2.23. The van der Waals surface area contributed by atoms with Gasteiger partial charge in [0.25, 0.3) is 11.8 Å². The predicted molar refractivity (Wildman–Crippen MR) is 101 cm³/mol. The van der Waals surface area contributed by atoms with Gasteiger partial charge >= 0.3 is 0 Å². The fourth-order valence-corrected chi connectivity index (χ4v) is 2.96. The van der Waals surface area contributed by atoms with E-state index in [1.807, 2.05) is 36.4 Å². The molecule has 1 aromatic heterocycles. The van der Waals surface area contributed by atoms with Gasteiger partial charge in [-0.3, -0.25) is 14.7 Å². The van der Waals surface area contributed by atoms with Gasteiger partial charge in [-0.05, 0) is 24.3 Å². The highest BCUT2D eigenvalue weighted by Crippen LogP contribution is 2.26. The SMILES string of the molecule is O=C1Nc2ccc(Br)cc2/C1=N/NC(=O)c1cc(-c2ccccc2)n[nH]1. The Labute approximate surface area is 156 Å². The van der Waals surface area contributed by atoms with Crippen molar-refractivity contribution in [1.82, 2.24) is 15.6 Å². The summed E-state index contributed by atoms with van der Waals surface area (Å²) in [5.74, 6) is -0.851. The molecule has 8 heteroatoms. The molecule has 4 rings (SSSR count). The highest BCUT2D eigenvalue weighted by Gasteiger charge is 2.26. The third-order valence-electron chi connectivity index (χ3n) is 3.86. The lowest BCUT2D eigenvalue weighted by molar-refractivity contribution is -0.110. The van der Waals surface area contributed by atoms with Crippen LogP contribution in [0.3, 0.4) is 0 Å². The van der Waals surface area contributed by atoms with Crippen LogP contribution in [-0.2, 0) is 4.79 Å². The Morgan fingerprint density at radius 1 is 1.12 bits per heavy atom. The first-order valence-electron chi connectivity index (χ1n) is 7.72. The molecule has 2 amide bonds. The van der Waals surface area contributed by atoms with Gasteiger partial charge in [-0.25, -0.2) is 5.43 Å². The molecule has 1 aliphatic rings. The van der Waals surface area contributed by atoms with E-state index < -0.39 is 5.91 Å². The van der Waals surface area contributed by atoms with Gasteiger partial charge < -0.3 is 5.32 Å². The van der Waals surface area contributed by atoms with Gasteiger partial charge in [0.15, 0.2) is 5.71 Å². The van der Waals surface area contributed by atoms with Crippen LogP contribution in [0.4, 0.5) is 5.69 Å². The summed E-state index contributed by atoms with van der Waals surface area (Å²) in [5, 5.41) is 13.5. The summed E-state index contributed by atoms with van der Waals surface area (Å²) in [6, 6.07) is 16.5. The largest absolute Gasteiger partial charge is 0.320 e. The fourth-order valence-electron chi connectivity index (χ4n) is 2.60. The number of carbonyl (C=O) groups excluding carboxylic acids is 2. The lowest BCUT2D eigenvalue weighted by Gasteiger charge is -1.99. The summed E-state index contributed by atoms with van der Waals surface area (Å²) in [7, 11) is 0. The van der Waals surface area contributed by atoms with Crippen LogP contribution >= 0.6 is 15.9 Å². The van der Waals surface area contributed by atoms with Crippen LogP contribution in [0.5, 0.6) is 0 Å². The van der Waals surface area contributed by atoms with E-state index in [0.717, 1.165) is 10.0 Å². The third kappa shape index (κ3) is 3.02. The summed E-state index contributed by atoms with van der Waals surface area (Å²) in [4.78, 5) is 24.4. The van der Waals surface area contributed by atoms with Crippen LogP contribution in [0.25, 0.3) is 11.3 Å². The Kier molecular flexibility index (Phi) is 4.10. The molecule has 2 aromatic carbocycles. The van der Waals surface area contributed by atoms with E-state index in [0.29, 0.717) is 16.9 Å². The number of aromatic amines is 1. The monoisotopic (exact) mass is 409 g/mol. The zero-order valence-corrected chi connectivity index (χ0v) is 14.9. The quantitative estimate of drug-likeness (QED) is 0.579. The van der Waals surface area contributed by atoms with Crippen molar-refractivity contribution >= 4 is 39.1 Å². The van der Waals surface area contributed by atoms with E-state index in [1.165, 1.54) is 0 Å². The number of nitrogens with zero attached hydrogens (tertiary/aromatic N) is 2. The first kappa shape index (κ1) is 16.2. The Morgan fingerprint density at radius 2 is 1.92 bits per heavy atom. The number of benzene rings is 2. The maximum Gasteiger partial charge on any atom is 0.289 e. The van der Waals surface area contributed by atoms with Gasteiger partial charge in [0.2, 0.25) is 0 Å². The molecule has 3 N–H and O–H groups in total. The van der Waals surface area contributed by atoms with E-state index in [2.05, 4.69) is 42.0 Å². The number of hydrogen-bond donors (Lipinski definition) is 3. The van der Waals surface area contributed by atoms with E-state index in [1.54, 1.807) is 18.2 Å². The van der Waals surface area contributed by atoms with Crippen LogP contribution < -0.4 is 10.7 Å². The third-order valence-corrected chi connectivity index (χ3v) is 4.35. The molecule has 0 atom stereocenters. The molecule has 7 nitrogen and oxygen atoms in total. The number of aromatic nitrogens is 2. The molecule has 3 aromatic rings. The summed E-state index contributed by atoms with van der Waals surface area (Å²) in [6.45, 7) is 0. The molecule has 0 unspecified atom stereocenters. The van der Waals surface area contributed by atoms with Crippen LogP contribution in [-0.4, -0.2) is 27.7 Å². The average Bonchev–Trinajstić information content (AvgIpc) is 3.25. The van der Waals surface area contributed by atoms with E-state index in [-0.39, 0.29) is 17.3 Å². The minimum atomic E-state index is -0.483. The van der Waals surface area contributed by atoms with Crippen molar-refractivity contribution in [2.75, 3.05) is 5.32 Å². The van der Waals surface area contributed by atoms with Crippen molar-refractivity contribution in [2.45, 2.75) is 0 Å². The Morgan fingerprint density at radius 3 is 2.73 bits per heavy atom. The molecule has 0 bridgehead atoms. The second kappa shape index (κ2) is 6.57. The Bertz CT molecular complexity index is 1040. The van der Waals surface area contributed by atoms with Gasteiger partial charge in [-0.2, -0.15) is 10.2 Å². The number of halogens is 1. The fraction of sp³-hybridized carbons (Fsp3) is 0. The zero-order chi connectivity index (χ0) is 18.1. The molecule has 0 radical (unpaired) electrons. The van der Waals surface area contributed by atoms with Crippen molar-refractivity contribution in [2.24, 2.45) is 5.10 Å². The molecule has 26 heavy (non-hydrogen) atoms. The van der Waals surface area contributed by atoms with E-state index >= 15 is 0 Å². The first-order valence-corrected chi connectivity index (χ1v) is 8.51. The minimum absolute atomic E-state index is 0.150. The predicted octanol–water partition coefficient (Wildman–Crippen LogP) is 2.93. The molecule has 0 spiro atoms. The zero-order valence-electron chi connectivity index (χ0n) is 13.3. The van der Waals surface area contributed by atoms with Crippen molar-refractivity contribution in [3.63, 3.8) is 0 Å². The average molecular weight is 410 g/mol. The summed E-state index contributed by atoms with van der Waals surface area (Å²) < 4.78 is 0.813. The number of rotatable bonds is 3. The molecule has 0 saturated carbocycles. The molecule has 128 valence electrons. The second-order valence-electron chi connectivity index (χ2n) is 5.58. The van der Waals surface area contributed by atoms with Crippen LogP contribution in [0, 0.1) is 0 Å². The maximum absolute atomic E-state index is 12.3. The summed E-state index contributed by atoms with van der Waals surface area (Å²) in [6.07, 6.45) is 0. The van der Waals surface area contributed by atoms with Gasteiger partial charge in [0, 0.05) is 15.6 Å². The molecule has 0 aliphatic carbocycles. The van der Waals surface area contributed by atoms with Gasteiger partial charge in [-0.15, -0.1) is 0 Å². The second-order valence-corrected chi connectivity index (χ2v) is 6.49. The van der Waals surface area contributed by atoms with Gasteiger partial charge in [-0.1, -0.05) is 46.3 Å². The highest BCUT2D eigenvalue weighted by atomic mass is 79.9.